The van der Waals surface area contributed by atoms with Crippen LogP contribution in [0.3, 0.4) is 0 Å². The summed E-state index contributed by atoms with van der Waals surface area (Å²) in [4.78, 5) is 20.0. The SMILES string of the molecule is CN1CCN(c2ccc(Nc3ccc(C(N)=O)c(N)n3)cc2)CC1. The van der Waals surface area contributed by atoms with Gasteiger partial charge in [-0.25, -0.2) is 4.98 Å². The predicted octanol–water partition coefficient (Wildman–Crippen LogP) is 1.26. The zero-order valence-corrected chi connectivity index (χ0v) is 13.7. The Bertz CT molecular complexity index is 722. The van der Waals surface area contributed by atoms with Crippen molar-refractivity contribution in [1.29, 1.82) is 0 Å². The van der Waals surface area contributed by atoms with Crippen molar-refractivity contribution >= 4 is 28.9 Å². The number of carbonyl (C=O) groups excluding carboxylic acids is 1. The molecule has 126 valence electrons. The number of primary amides is 1. The van der Waals surface area contributed by atoms with Crippen molar-refractivity contribution in [2.24, 2.45) is 5.73 Å². The summed E-state index contributed by atoms with van der Waals surface area (Å²) in [5, 5.41) is 3.18. The highest BCUT2D eigenvalue weighted by atomic mass is 16.1. The van der Waals surface area contributed by atoms with E-state index in [9.17, 15) is 4.79 Å². The van der Waals surface area contributed by atoms with Crippen LogP contribution in [0.4, 0.5) is 23.0 Å². The third-order valence-corrected chi connectivity index (χ3v) is 4.20. The highest BCUT2D eigenvalue weighted by Gasteiger charge is 2.14. The largest absolute Gasteiger partial charge is 0.383 e. The summed E-state index contributed by atoms with van der Waals surface area (Å²) in [5.74, 6) is 0.120. The fraction of sp³-hybridized carbons (Fsp3) is 0.294. The first-order valence-electron chi connectivity index (χ1n) is 7.90. The van der Waals surface area contributed by atoms with E-state index in [-0.39, 0.29) is 11.4 Å². The van der Waals surface area contributed by atoms with E-state index in [0.717, 1.165) is 31.9 Å². The van der Waals surface area contributed by atoms with Crippen LogP contribution in [0.1, 0.15) is 10.4 Å². The number of anilines is 4. The standard InChI is InChI=1S/C17H22N6O/c1-22-8-10-23(11-9-22)13-4-2-12(3-5-13)20-15-7-6-14(17(19)24)16(18)21-15/h2-7H,8-11H2,1H3,(H2,19,24)(H3,18,20,21). The lowest BCUT2D eigenvalue weighted by Crippen LogP contribution is -2.44. The van der Waals surface area contributed by atoms with Crippen LogP contribution < -0.4 is 21.7 Å². The Morgan fingerprint density at radius 1 is 1.08 bits per heavy atom. The molecular formula is C17H22N6O. The maximum atomic E-state index is 11.2. The van der Waals surface area contributed by atoms with Crippen LogP contribution in [0.15, 0.2) is 36.4 Å². The van der Waals surface area contributed by atoms with E-state index < -0.39 is 5.91 Å². The number of nitrogens with zero attached hydrogens (tertiary/aromatic N) is 3. The molecule has 1 aromatic carbocycles. The van der Waals surface area contributed by atoms with Crippen molar-refractivity contribution in [2.45, 2.75) is 0 Å². The Morgan fingerprint density at radius 3 is 2.33 bits per heavy atom. The van der Waals surface area contributed by atoms with Crippen LogP contribution >= 0.6 is 0 Å². The van der Waals surface area contributed by atoms with Crippen LogP contribution in [0, 0.1) is 0 Å². The van der Waals surface area contributed by atoms with E-state index in [0.29, 0.717) is 5.82 Å². The molecule has 2 heterocycles. The van der Waals surface area contributed by atoms with E-state index in [1.54, 1.807) is 12.1 Å². The highest BCUT2D eigenvalue weighted by molar-refractivity contribution is 5.97. The summed E-state index contributed by atoms with van der Waals surface area (Å²) >= 11 is 0. The van der Waals surface area contributed by atoms with E-state index in [2.05, 4.69) is 39.3 Å². The van der Waals surface area contributed by atoms with Crippen molar-refractivity contribution in [3.8, 4) is 0 Å². The fourth-order valence-electron chi connectivity index (χ4n) is 2.72. The Morgan fingerprint density at radius 2 is 1.75 bits per heavy atom. The zero-order chi connectivity index (χ0) is 17.1. The van der Waals surface area contributed by atoms with Gasteiger partial charge in [0.15, 0.2) is 0 Å². The number of nitrogens with one attached hydrogen (secondary N) is 1. The Hall–Kier alpha value is -2.80. The summed E-state index contributed by atoms with van der Waals surface area (Å²) in [7, 11) is 2.15. The molecule has 0 spiro atoms. The third-order valence-electron chi connectivity index (χ3n) is 4.20. The number of likely N-dealkylation sites (N-methyl/N-ethyl adjacent to an activating group) is 1. The average Bonchev–Trinajstić information content (AvgIpc) is 2.56. The molecule has 1 aliphatic rings. The Kier molecular flexibility index (Phi) is 4.52. The van der Waals surface area contributed by atoms with Gasteiger partial charge >= 0.3 is 0 Å². The van der Waals surface area contributed by atoms with Crippen molar-refractivity contribution in [3.05, 3.63) is 42.0 Å². The number of aromatic nitrogens is 1. The van der Waals surface area contributed by atoms with Gasteiger partial charge in [0.1, 0.15) is 11.6 Å². The highest BCUT2D eigenvalue weighted by Crippen LogP contribution is 2.22. The van der Waals surface area contributed by atoms with Crippen molar-refractivity contribution in [2.75, 3.05) is 49.2 Å². The van der Waals surface area contributed by atoms with Gasteiger partial charge in [-0.05, 0) is 43.4 Å². The second-order valence-electron chi connectivity index (χ2n) is 5.96. The number of piperazine rings is 1. The van der Waals surface area contributed by atoms with Gasteiger partial charge in [0, 0.05) is 37.6 Å². The van der Waals surface area contributed by atoms with Gasteiger partial charge in [-0.3, -0.25) is 4.79 Å². The Labute approximate surface area is 141 Å². The maximum absolute atomic E-state index is 11.2. The second kappa shape index (κ2) is 6.76. The minimum atomic E-state index is -0.580. The molecule has 0 radical (unpaired) electrons. The number of hydrogen-bond acceptors (Lipinski definition) is 6. The molecule has 24 heavy (non-hydrogen) atoms. The lowest BCUT2D eigenvalue weighted by Gasteiger charge is -2.34. The van der Waals surface area contributed by atoms with Gasteiger partial charge in [-0.15, -0.1) is 0 Å². The lowest BCUT2D eigenvalue weighted by atomic mass is 10.2. The van der Waals surface area contributed by atoms with E-state index >= 15 is 0 Å². The molecule has 1 saturated heterocycles. The monoisotopic (exact) mass is 326 g/mol. The minimum Gasteiger partial charge on any atom is -0.383 e. The van der Waals surface area contributed by atoms with E-state index in [1.807, 2.05) is 12.1 Å². The van der Waals surface area contributed by atoms with Crippen LogP contribution in [0.5, 0.6) is 0 Å². The van der Waals surface area contributed by atoms with Crippen molar-refractivity contribution in [3.63, 3.8) is 0 Å². The normalized spacial score (nSPS) is 15.3. The first-order chi connectivity index (χ1) is 11.5. The van der Waals surface area contributed by atoms with Crippen molar-refractivity contribution in [1.82, 2.24) is 9.88 Å². The smallest absolute Gasteiger partial charge is 0.252 e. The number of hydrogen-bond donors (Lipinski definition) is 3. The number of nitrogen functional groups attached to an aromatic ring is 1. The van der Waals surface area contributed by atoms with Crippen LogP contribution in [-0.4, -0.2) is 49.0 Å². The quantitative estimate of drug-likeness (QED) is 0.782. The molecule has 0 aliphatic carbocycles. The van der Waals surface area contributed by atoms with Crippen molar-refractivity contribution < 1.29 is 4.79 Å². The third kappa shape index (κ3) is 3.57. The topological polar surface area (TPSA) is 101 Å². The van der Waals surface area contributed by atoms with E-state index in [1.165, 1.54) is 5.69 Å². The first kappa shape index (κ1) is 16.1. The lowest BCUT2D eigenvalue weighted by molar-refractivity contribution is 0.100. The maximum Gasteiger partial charge on any atom is 0.252 e. The molecule has 7 heteroatoms. The van der Waals surface area contributed by atoms with Gasteiger partial charge in [-0.2, -0.15) is 0 Å². The molecule has 1 amide bonds. The van der Waals surface area contributed by atoms with Gasteiger partial charge in [0.25, 0.3) is 5.91 Å². The number of carbonyl (C=O) groups is 1. The number of nitrogens with two attached hydrogens (primary N) is 2. The van der Waals surface area contributed by atoms with Crippen LogP contribution in [0.2, 0.25) is 0 Å². The summed E-state index contributed by atoms with van der Waals surface area (Å²) in [6.45, 7) is 4.23. The second-order valence-corrected chi connectivity index (χ2v) is 5.96. The number of pyridine rings is 1. The van der Waals surface area contributed by atoms with Gasteiger partial charge in [0.2, 0.25) is 0 Å². The zero-order valence-electron chi connectivity index (χ0n) is 13.7. The summed E-state index contributed by atoms with van der Waals surface area (Å²) in [6.07, 6.45) is 0. The number of amides is 1. The predicted molar refractivity (Wildman–Crippen MR) is 96.6 cm³/mol. The number of rotatable bonds is 4. The molecule has 0 saturated carbocycles. The Balaban J connectivity index is 1.68. The molecule has 1 fully saturated rings. The fourth-order valence-corrected chi connectivity index (χ4v) is 2.72. The van der Waals surface area contributed by atoms with Crippen LogP contribution in [0.25, 0.3) is 0 Å². The van der Waals surface area contributed by atoms with E-state index in [4.69, 9.17) is 11.5 Å². The first-order valence-corrected chi connectivity index (χ1v) is 7.90. The molecule has 5 N–H and O–H groups in total. The molecule has 7 nitrogen and oxygen atoms in total. The molecule has 0 unspecified atom stereocenters. The summed E-state index contributed by atoms with van der Waals surface area (Å²) in [6, 6.07) is 11.5. The minimum absolute atomic E-state index is 0.126. The average molecular weight is 326 g/mol. The molecule has 1 aromatic heterocycles. The summed E-state index contributed by atoms with van der Waals surface area (Å²) in [5.41, 5.74) is 13.3. The molecule has 0 bridgehead atoms. The van der Waals surface area contributed by atoms with Gasteiger partial charge in [-0.1, -0.05) is 0 Å². The molecule has 1 aliphatic heterocycles. The van der Waals surface area contributed by atoms with Crippen LogP contribution in [-0.2, 0) is 0 Å². The molecular weight excluding hydrogens is 304 g/mol. The summed E-state index contributed by atoms with van der Waals surface area (Å²) < 4.78 is 0. The number of benzene rings is 1. The van der Waals surface area contributed by atoms with Gasteiger partial charge in [0.05, 0.1) is 5.56 Å². The van der Waals surface area contributed by atoms with Gasteiger partial charge < -0.3 is 26.6 Å². The molecule has 0 atom stereocenters. The molecule has 2 aromatic rings. The molecule has 3 rings (SSSR count).